The average molecular weight is 396 g/mol. The molecule has 0 bridgehead atoms. The van der Waals surface area contributed by atoms with Gasteiger partial charge in [-0.15, -0.1) is 0 Å². The van der Waals surface area contributed by atoms with E-state index in [0.29, 0.717) is 17.0 Å². The van der Waals surface area contributed by atoms with Gasteiger partial charge in [0.1, 0.15) is 0 Å². The molecule has 2 rings (SSSR count). The number of rotatable bonds is 4. The number of carbonyl (C=O) groups excluding carboxylic acids is 2. The van der Waals surface area contributed by atoms with Gasteiger partial charge in [0.25, 0.3) is 11.8 Å². The molecule has 1 aliphatic heterocycles. The summed E-state index contributed by atoms with van der Waals surface area (Å²) in [6.07, 6.45) is -11.4. The number of aliphatic imine (C=N–C) groups is 1. The minimum atomic E-state index is -4.73. The zero-order chi connectivity index (χ0) is 20.6. The highest BCUT2D eigenvalue weighted by molar-refractivity contribution is 6.00. The number of benzene rings is 1. The zero-order valence-electron chi connectivity index (χ0n) is 13.6. The lowest BCUT2D eigenvalue weighted by Gasteiger charge is -2.25. The van der Waals surface area contributed by atoms with E-state index in [1.54, 1.807) is 0 Å². The van der Waals surface area contributed by atoms with Gasteiger partial charge in [-0.25, -0.2) is 0 Å². The summed E-state index contributed by atoms with van der Waals surface area (Å²) in [6, 6.07) is 0.840. The standard InChI is InChI=1S/C15H14F6N4O2/c16-14(17,18)3-4-25-10(6-11(26)24-13(22)23)9-5-7(15(19,20)21)1-2-8(9)12(25)27/h1-2,5,10H,3-4,6H2,(H4,22,23,24,26)/t10-/m1/s1. The highest BCUT2D eigenvalue weighted by Crippen LogP contribution is 2.40. The van der Waals surface area contributed by atoms with E-state index in [-0.39, 0.29) is 11.1 Å². The highest BCUT2D eigenvalue weighted by atomic mass is 19.4. The molecule has 0 radical (unpaired) electrons. The predicted molar refractivity (Wildman–Crippen MR) is 81.3 cm³/mol. The lowest BCUT2D eigenvalue weighted by Crippen LogP contribution is -2.33. The van der Waals surface area contributed by atoms with Gasteiger partial charge in [-0.05, 0) is 23.8 Å². The molecular formula is C15H14F6N4O2. The minimum absolute atomic E-state index is 0.198. The van der Waals surface area contributed by atoms with Crippen LogP contribution in [0.2, 0.25) is 0 Å². The lowest BCUT2D eigenvalue weighted by molar-refractivity contribution is -0.138. The third-order valence-corrected chi connectivity index (χ3v) is 3.86. The molecule has 0 aliphatic carbocycles. The molecule has 0 saturated heterocycles. The highest BCUT2D eigenvalue weighted by Gasteiger charge is 2.42. The van der Waals surface area contributed by atoms with E-state index in [4.69, 9.17) is 11.5 Å². The molecule has 1 aliphatic rings. The van der Waals surface area contributed by atoms with E-state index in [2.05, 4.69) is 4.99 Å². The van der Waals surface area contributed by atoms with Gasteiger partial charge in [0.05, 0.1) is 24.4 Å². The van der Waals surface area contributed by atoms with Crippen molar-refractivity contribution in [3.63, 3.8) is 0 Å². The SMILES string of the molecule is NC(N)=NC(=O)C[C@@H]1c2cc(C(F)(F)F)ccc2C(=O)N1CCC(F)(F)F. The summed E-state index contributed by atoms with van der Waals surface area (Å²) in [4.78, 5) is 28.1. The molecule has 27 heavy (non-hydrogen) atoms. The molecule has 1 aromatic carbocycles. The van der Waals surface area contributed by atoms with E-state index in [0.717, 1.165) is 6.07 Å². The predicted octanol–water partition coefficient (Wildman–Crippen LogP) is 2.34. The Labute approximate surface area is 148 Å². The molecule has 12 heteroatoms. The van der Waals surface area contributed by atoms with Crippen LogP contribution in [-0.2, 0) is 11.0 Å². The number of alkyl halides is 6. The van der Waals surface area contributed by atoms with Gasteiger partial charge >= 0.3 is 12.4 Å². The quantitative estimate of drug-likeness (QED) is 0.463. The largest absolute Gasteiger partial charge is 0.416 e. The fourth-order valence-electron chi connectivity index (χ4n) is 2.75. The molecule has 1 heterocycles. The maximum atomic E-state index is 12.9. The molecule has 0 fully saturated rings. The van der Waals surface area contributed by atoms with Crippen LogP contribution in [0.4, 0.5) is 26.3 Å². The van der Waals surface area contributed by atoms with E-state index in [9.17, 15) is 35.9 Å². The number of nitrogens with zero attached hydrogens (tertiary/aromatic N) is 2. The van der Waals surface area contributed by atoms with Crippen molar-refractivity contribution in [3.05, 3.63) is 34.9 Å². The van der Waals surface area contributed by atoms with Crippen molar-refractivity contribution in [1.29, 1.82) is 0 Å². The van der Waals surface area contributed by atoms with Crippen molar-refractivity contribution in [3.8, 4) is 0 Å². The first-order valence-electron chi connectivity index (χ1n) is 7.51. The first-order valence-corrected chi connectivity index (χ1v) is 7.51. The molecule has 0 saturated carbocycles. The van der Waals surface area contributed by atoms with Gasteiger partial charge < -0.3 is 16.4 Å². The number of amides is 2. The summed E-state index contributed by atoms with van der Waals surface area (Å²) < 4.78 is 76.5. The van der Waals surface area contributed by atoms with Crippen LogP contribution in [0.1, 0.15) is 40.4 Å². The number of halogens is 6. The number of hydrogen-bond donors (Lipinski definition) is 2. The average Bonchev–Trinajstić information content (AvgIpc) is 2.75. The van der Waals surface area contributed by atoms with Crippen LogP contribution in [0.3, 0.4) is 0 Å². The van der Waals surface area contributed by atoms with Crippen LogP contribution < -0.4 is 11.5 Å². The molecular weight excluding hydrogens is 382 g/mol. The van der Waals surface area contributed by atoms with Gasteiger partial charge in [0.2, 0.25) is 0 Å². The van der Waals surface area contributed by atoms with Crippen molar-refractivity contribution in [2.75, 3.05) is 6.54 Å². The molecule has 1 atom stereocenters. The smallest absolute Gasteiger partial charge is 0.370 e. The van der Waals surface area contributed by atoms with Crippen LogP contribution >= 0.6 is 0 Å². The van der Waals surface area contributed by atoms with Crippen molar-refractivity contribution >= 4 is 17.8 Å². The number of fused-ring (bicyclic) bond motifs is 1. The normalized spacial score (nSPS) is 17.0. The van der Waals surface area contributed by atoms with Crippen molar-refractivity contribution in [2.45, 2.75) is 31.2 Å². The third kappa shape index (κ3) is 4.89. The number of hydrogen-bond acceptors (Lipinski definition) is 2. The van der Waals surface area contributed by atoms with Crippen molar-refractivity contribution in [2.24, 2.45) is 16.5 Å². The van der Waals surface area contributed by atoms with Crippen molar-refractivity contribution < 1.29 is 35.9 Å². The molecule has 6 nitrogen and oxygen atoms in total. The zero-order valence-corrected chi connectivity index (χ0v) is 13.6. The Morgan fingerprint density at radius 1 is 1.15 bits per heavy atom. The first-order chi connectivity index (χ1) is 12.3. The second kappa shape index (κ2) is 7.08. The summed E-state index contributed by atoms with van der Waals surface area (Å²) in [5, 5.41) is 0. The second-order valence-corrected chi connectivity index (χ2v) is 5.81. The first kappa shape index (κ1) is 20.5. The van der Waals surface area contributed by atoms with E-state index in [1.807, 2.05) is 0 Å². The number of nitrogens with two attached hydrogens (primary N) is 2. The fraction of sp³-hybridized carbons (Fsp3) is 0.400. The van der Waals surface area contributed by atoms with Gasteiger partial charge in [0.15, 0.2) is 5.96 Å². The van der Waals surface area contributed by atoms with E-state index < -0.39 is 61.1 Å². The fourth-order valence-corrected chi connectivity index (χ4v) is 2.75. The van der Waals surface area contributed by atoms with Gasteiger partial charge in [-0.3, -0.25) is 9.59 Å². The lowest BCUT2D eigenvalue weighted by atomic mass is 9.99. The summed E-state index contributed by atoms with van der Waals surface area (Å²) in [7, 11) is 0. The Kier molecular flexibility index (Phi) is 5.38. The maximum absolute atomic E-state index is 12.9. The maximum Gasteiger partial charge on any atom is 0.416 e. The van der Waals surface area contributed by atoms with Gasteiger partial charge in [0, 0.05) is 12.1 Å². The molecule has 0 spiro atoms. The monoisotopic (exact) mass is 396 g/mol. The van der Waals surface area contributed by atoms with Crippen molar-refractivity contribution in [1.82, 2.24) is 4.90 Å². The molecule has 148 valence electrons. The van der Waals surface area contributed by atoms with Crippen LogP contribution in [0.25, 0.3) is 0 Å². The number of guanidine groups is 1. The topological polar surface area (TPSA) is 102 Å². The Bertz CT molecular complexity index is 783. The Hall–Kier alpha value is -2.79. The molecule has 2 amide bonds. The van der Waals surface area contributed by atoms with Crippen LogP contribution in [-0.4, -0.2) is 35.4 Å². The van der Waals surface area contributed by atoms with Crippen LogP contribution in [0, 0.1) is 0 Å². The summed E-state index contributed by atoms with van der Waals surface area (Å²) in [5.74, 6) is -2.49. The summed E-state index contributed by atoms with van der Waals surface area (Å²) >= 11 is 0. The minimum Gasteiger partial charge on any atom is -0.370 e. The molecule has 1 aromatic rings. The summed E-state index contributed by atoms with van der Waals surface area (Å²) in [5.41, 5.74) is 8.61. The van der Waals surface area contributed by atoms with Gasteiger partial charge in [-0.2, -0.15) is 31.3 Å². The van der Waals surface area contributed by atoms with Crippen LogP contribution in [0.15, 0.2) is 23.2 Å². The Morgan fingerprint density at radius 3 is 2.30 bits per heavy atom. The summed E-state index contributed by atoms with van der Waals surface area (Å²) in [6.45, 7) is -0.821. The number of carbonyl (C=O) groups is 2. The van der Waals surface area contributed by atoms with E-state index >= 15 is 0 Å². The Morgan fingerprint density at radius 2 is 1.78 bits per heavy atom. The Balaban J connectivity index is 2.43. The third-order valence-electron chi connectivity index (χ3n) is 3.86. The van der Waals surface area contributed by atoms with Gasteiger partial charge in [-0.1, -0.05) is 0 Å². The molecule has 4 N–H and O–H groups in total. The molecule has 0 aromatic heterocycles. The second-order valence-electron chi connectivity index (χ2n) is 5.81. The molecule has 0 unspecified atom stereocenters. The van der Waals surface area contributed by atoms with Crippen LogP contribution in [0.5, 0.6) is 0 Å². The van der Waals surface area contributed by atoms with E-state index in [1.165, 1.54) is 0 Å².